The third kappa shape index (κ3) is 3.32. The second kappa shape index (κ2) is 6.33. The van der Waals surface area contributed by atoms with Crippen LogP contribution in [0.2, 0.25) is 0 Å². The molecule has 1 aromatic rings. The monoisotopic (exact) mass is 262 g/mol. The van der Waals surface area contributed by atoms with E-state index in [1.165, 1.54) is 7.11 Å². The fourth-order valence-corrected chi connectivity index (χ4v) is 2.18. The van der Waals surface area contributed by atoms with Gasteiger partial charge in [-0.2, -0.15) is 0 Å². The van der Waals surface area contributed by atoms with Gasteiger partial charge in [0.1, 0.15) is 0 Å². The van der Waals surface area contributed by atoms with Crippen LogP contribution in [0.15, 0.2) is 24.3 Å². The van der Waals surface area contributed by atoms with E-state index in [2.05, 4.69) is 10.6 Å². The van der Waals surface area contributed by atoms with E-state index >= 15 is 0 Å². The predicted molar refractivity (Wildman–Crippen MR) is 72.1 cm³/mol. The van der Waals surface area contributed by atoms with Crippen molar-refractivity contribution in [1.82, 2.24) is 5.32 Å². The lowest BCUT2D eigenvalue weighted by molar-refractivity contribution is -0.118. The van der Waals surface area contributed by atoms with Crippen molar-refractivity contribution in [2.75, 3.05) is 19.0 Å². The minimum absolute atomic E-state index is 0.101. The standard InChI is InChI=1S/C14H18N2O3/c1-19-14(18)10-6-2-3-7-11(10)16-13(17)12-8-4-5-9-15-12/h2-3,6-7,12,15H,4-5,8-9H2,1H3,(H,16,17)/t12-/m1/s1. The topological polar surface area (TPSA) is 67.4 Å². The third-order valence-corrected chi connectivity index (χ3v) is 3.22. The Morgan fingerprint density at radius 1 is 1.32 bits per heavy atom. The molecule has 0 radical (unpaired) electrons. The van der Waals surface area contributed by atoms with Gasteiger partial charge < -0.3 is 15.4 Å². The maximum atomic E-state index is 12.1. The van der Waals surface area contributed by atoms with Gasteiger partial charge >= 0.3 is 5.97 Å². The molecule has 0 aliphatic carbocycles. The summed E-state index contributed by atoms with van der Waals surface area (Å²) in [5, 5.41) is 5.97. The SMILES string of the molecule is COC(=O)c1ccccc1NC(=O)[C@H]1CCCCN1. The van der Waals surface area contributed by atoms with E-state index in [9.17, 15) is 9.59 Å². The van der Waals surface area contributed by atoms with Gasteiger partial charge in [0.25, 0.3) is 0 Å². The Balaban J connectivity index is 2.09. The molecule has 5 heteroatoms. The molecule has 0 bridgehead atoms. The van der Waals surface area contributed by atoms with Crippen molar-refractivity contribution in [2.24, 2.45) is 0 Å². The Morgan fingerprint density at radius 3 is 2.79 bits per heavy atom. The van der Waals surface area contributed by atoms with E-state index < -0.39 is 5.97 Å². The Bertz CT molecular complexity index is 468. The number of anilines is 1. The lowest BCUT2D eigenvalue weighted by Crippen LogP contribution is -2.43. The fourth-order valence-electron chi connectivity index (χ4n) is 2.18. The summed E-state index contributed by atoms with van der Waals surface area (Å²) in [6.07, 6.45) is 2.97. The van der Waals surface area contributed by atoms with Crippen molar-refractivity contribution in [3.8, 4) is 0 Å². The van der Waals surface area contributed by atoms with Crippen LogP contribution in [0.25, 0.3) is 0 Å². The number of piperidine rings is 1. The van der Waals surface area contributed by atoms with Crippen molar-refractivity contribution in [3.63, 3.8) is 0 Å². The van der Waals surface area contributed by atoms with Crippen LogP contribution in [0.3, 0.4) is 0 Å². The first-order chi connectivity index (χ1) is 9.22. The number of carbonyl (C=O) groups excluding carboxylic acids is 2. The summed E-state index contributed by atoms with van der Waals surface area (Å²) >= 11 is 0. The largest absolute Gasteiger partial charge is 0.465 e. The molecule has 0 unspecified atom stereocenters. The molecular formula is C14H18N2O3. The third-order valence-electron chi connectivity index (χ3n) is 3.22. The van der Waals surface area contributed by atoms with E-state index in [1.807, 2.05) is 0 Å². The summed E-state index contributed by atoms with van der Waals surface area (Å²) < 4.78 is 4.70. The van der Waals surface area contributed by atoms with Crippen LogP contribution in [0.1, 0.15) is 29.6 Å². The second-order valence-electron chi connectivity index (χ2n) is 4.53. The zero-order chi connectivity index (χ0) is 13.7. The Hall–Kier alpha value is -1.88. The van der Waals surface area contributed by atoms with Crippen LogP contribution in [0.4, 0.5) is 5.69 Å². The molecule has 19 heavy (non-hydrogen) atoms. The summed E-state index contributed by atoms with van der Waals surface area (Å²) in [7, 11) is 1.32. The van der Waals surface area contributed by atoms with E-state index in [0.717, 1.165) is 25.8 Å². The second-order valence-corrected chi connectivity index (χ2v) is 4.53. The number of benzene rings is 1. The minimum atomic E-state index is -0.451. The highest BCUT2D eigenvalue weighted by atomic mass is 16.5. The first-order valence-electron chi connectivity index (χ1n) is 6.44. The van der Waals surface area contributed by atoms with E-state index in [-0.39, 0.29) is 11.9 Å². The van der Waals surface area contributed by atoms with Crippen LogP contribution in [-0.4, -0.2) is 31.6 Å². The number of carbonyl (C=O) groups is 2. The van der Waals surface area contributed by atoms with Gasteiger partial charge in [0, 0.05) is 0 Å². The van der Waals surface area contributed by atoms with Gasteiger partial charge in [-0.1, -0.05) is 18.6 Å². The van der Waals surface area contributed by atoms with E-state index in [4.69, 9.17) is 4.74 Å². The molecule has 2 rings (SSSR count). The number of ether oxygens (including phenoxy) is 1. The molecule has 1 heterocycles. The summed E-state index contributed by atoms with van der Waals surface area (Å²) in [5.41, 5.74) is 0.862. The number of amides is 1. The molecule has 1 fully saturated rings. The van der Waals surface area contributed by atoms with Gasteiger partial charge in [-0.25, -0.2) is 4.79 Å². The van der Waals surface area contributed by atoms with Crippen LogP contribution in [-0.2, 0) is 9.53 Å². The number of rotatable bonds is 3. The smallest absolute Gasteiger partial charge is 0.339 e. The predicted octanol–water partition coefficient (Wildman–Crippen LogP) is 1.55. The molecule has 1 amide bonds. The van der Waals surface area contributed by atoms with Crippen LogP contribution in [0, 0.1) is 0 Å². The summed E-state index contributed by atoms with van der Waals surface area (Å²) in [5.74, 6) is -0.552. The van der Waals surface area contributed by atoms with Crippen molar-refractivity contribution in [3.05, 3.63) is 29.8 Å². The van der Waals surface area contributed by atoms with E-state index in [0.29, 0.717) is 11.3 Å². The van der Waals surface area contributed by atoms with Gasteiger partial charge in [0.05, 0.1) is 24.4 Å². The van der Waals surface area contributed by atoms with E-state index in [1.54, 1.807) is 24.3 Å². The first-order valence-corrected chi connectivity index (χ1v) is 6.44. The quantitative estimate of drug-likeness (QED) is 0.811. The first kappa shape index (κ1) is 13.5. The molecule has 102 valence electrons. The van der Waals surface area contributed by atoms with Crippen molar-refractivity contribution in [1.29, 1.82) is 0 Å². The van der Waals surface area contributed by atoms with Crippen molar-refractivity contribution < 1.29 is 14.3 Å². The highest BCUT2D eigenvalue weighted by molar-refractivity contribution is 6.02. The molecule has 1 aliphatic heterocycles. The zero-order valence-electron chi connectivity index (χ0n) is 10.9. The van der Waals surface area contributed by atoms with Gasteiger partial charge in [-0.15, -0.1) is 0 Å². The maximum Gasteiger partial charge on any atom is 0.339 e. The summed E-state index contributed by atoms with van der Waals surface area (Å²) in [6.45, 7) is 0.858. The van der Waals surface area contributed by atoms with Crippen LogP contribution in [0.5, 0.6) is 0 Å². The average molecular weight is 262 g/mol. The molecule has 2 N–H and O–H groups in total. The van der Waals surface area contributed by atoms with Gasteiger partial charge in [-0.05, 0) is 31.5 Å². The van der Waals surface area contributed by atoms with Crippen molar-refractivity contribution >= 4 is 17.6 Å². The van der Waals surface area contributed by atoms with Gasteiger partial charge in [0.15, 0.2) is 0 Å². The van der Waals surface area contributed by atoms with Crippen molar-refractivity contribution in [2.45, 2.75) is 25.3 Å². The summed E-state index contributed by atoms with van der Waals surface area (Å²) in [6, 6.07) is 6.67. The Labute approximate surface area is 112 Å². The van der Waals surface area contributed by atoms with Gasteiger partial charge in [-0.3, -0.25) is 4.79 Å². The maximum absolute atomic E-state index is 12.1. The molecule has 1 atom stereocenters. The zero-order valence-corrected chi connectivity index (χ0v) is 10.9. The number of nitrogens with one attached hydrogen (secondary N) is 2. The number of methoxy groups -OCH3 is 1. The fraction of sp³-hybridized carbons (Fsp3) is 0.429. The molecule has 1 aliphatic rings. The summed E-state index contributed by atoms with van der Waals surface area (Å²) in [4.78, 5) is 23.7. The number of para-hydroxylation sites is 1. The molecule has 1 aromatic carbocycles. The highest BCUT2D eigenvalue weighted by Gasteiger charge is 2.22. The highest BCUT2D eigenvalue weighted by Crippen LogP contribution is 2.17. The lowest BCUT2D eigenvalue weighted by Gasteiger charge is -2.22. The average Bonchev–Trinajstić information content (AvgIpc) is 2.48. The molecule has 1 saturated heterocycles. The minimum Gasteiger partial charge on any atom is -0.465 e. The molecular weight excluding hydrogens is 244 g/mol. The number of hydrogen-bond acceptors (Lipinski definition) is 4. The molecule has 5 nitrogen and oxygen atoms in total. The molecule has 0 aromatic heterocycles. The lowest BCUT2D eigenvalue weighted by atomic mass is 10.0. The molecule has 0 spiro atoms. The Kier molecular flexibility index (Phi) is 4.52. The number of esters is 1. The Morgan fingerprint density at radius 2 is 2.11 bits per heavy atom. The van der Waals surface area contributed by atoms with Gasteiger partial charge in [0.2, 0.25) is 5.91 Å². The van der Waals surface area contributed by atoms with Crippen LogP contribution >= 0.6 is 0 Å². The van der Waals surface area contributed by atoms with Crippen LogP contribution < -0.4 is 10.6 Å². The number of hydrogen-bond donors (Lipinski definition) is 2. The molecule has 0 saturated carbocycles. The normalized spacial score (nSPS) is 18.7.